The van der Waals surface area contributed by atoms with Gasteiger partial charge in [0.15, 0.2) is 11.5 Å². The lowest BCUT2D eigenvalue weighted by Gasteiger charge is -2.21. The highest BCUT2D eigenvalue weighted by molar-refractivity contribution is 7.76. The first kappa shape index (κ1) is 22.5. The molecule has 0 radical (unpaired) electrons. The van der Waals surface area contributed by atoms with E-state index in [0.29, 0.717) is 11.5 Å². The predicted octanol–water partition coefficient (Wildman–Crippen LogP) is 7.22. The van der Waals surface area contributed by atoms with Crippen LogP contribution in [-0.4, -0.2) is 4.21 Å². The Balaban J connectivity index is 2.41. The normalized spacial score (nSPS) is 11.9. The van der Waals surface area contributed by atoms with Gasteiger partial charge in [-0.2, -0.15) is 4.21 Å². The molecule has 2 rings (SSSR count). The molecular formula is C24H34O3S. The third-order valence-electron chi connectivity index (χ3n) is 4.94. The lowest BCUT2D eigenvalue weighted by atomic mass is 9.94. The zero-order valence-electron chi connectivity index (χ0n) is 18.4. The Hall–Kier alpha value is -1.81. The molecule has 4 heteroatoms. The van der Waals surface area contributed by atoms with E-state index < -0.39 is 11.4 Å². The summed E-state index contributed by atoms with van der Waals surface area (Å²) < 4.78 is 24.8. The van der Waals surface area contributed by atoms with Crippen molar-refractivity contribution in [3.63, 3.8) is 0 Å². The molecule has 0 aliphatic carbocycles. The predicted molar refractivity (Wildman–Crippen MR) is 119 cm³/mol. The Morgan fingerprint density at radius 2 is 0.821 bits per heavy atom. The summed E-state index contributed by atoms with van der Waals surface area (Å²) in [5.74, 6) is 2.41. The van der Waals surface area contributed by atoms with E-state index in [9.17, 15) is 4.21 Å². The van der Waals surface area contributed by atoms with Gasteiger partial charge in [0.25, 0.3) is 0 Å². The van der Waals surface area contributed by atoms with E-state index in [1.54, 1.807) is 0 Å². The van der Waals surface area contributed by atoms with Crippen LogP contribution in [-0.2, 0) is 11.4 Å². The highest BCUT2D eigenvalue weighted by atomic mass is 32.2. The molecule has 0 N–H and O–H groups in total. The lowest BCUT2D eigenvalue weighted by molar-refractivity contribution is 0.447. The largest absolute Gasteiger partial charge is 0.417 e. The summed E-state index contributed by atoms with van der Waals surface area (Å²) in [6.45, 7) is 16.9. The summed E-state index contributed by atoms with van der Waals surface area (Å²) >= 11 is -1.93. The van der Waals surface area contributed by atoms with E-state index in [1.807, 2.05) is 36.4 Å². The van der Waals surface area contributed by atoms with Gasteiger partial charge in [-0.15, -0.1) is 0 Å². The van der Waals surface area contributed by atoms with Crippen molar-refractivity contribution >= 4 is 11.4 Å². The maximum atomic E-state index is 12.9. The molecule has 2 aromatic carbocycles. The molecule has 2 aromatic rings. The summed E-state index contributed by atoms with van der Waals surface area (Å²) in [5.41, 5.74) is 4.18. The fraction of sp³-hybridized carbons (Fsp3) is 0.500. The molecule has 0 aromatic heterocycles. The maximum absolute atomic E-state index is 12.9. The number of benzene rings is 2. The van der Waals surface area contributed by atoms with Gasteiger partial charge in [-0.05, 0) is 45.9 Å². The number of hydrogen-bond acceptors (Lipinski definition) is 3. The zero-order valence-corrected chi connectivity index (χ0v) is 19.2. The van der Waals surface area contributed by atoms with Crippen LogP contribution >= 0.6 is 0 Å². The van der Waals surface area contributed by atoms with Crippen LogP contribution in [0, 0.1) is 0 Å². The van der Waals surface area contributed by atoms with Crippen LogP contribution in [0.3, 0.4) is 0 Å². The summed E-state index contributed by atoms with van der Waals surface area (Å²) in [5, 5.41) is 0. The van der Waals surface area contributed by atoms with Gasteiger partial charge in [0.2, 0.25) is 0 Å². The smallest absolute Gasteiger partial charge is 0.371 e. The molecule has 154 valence electrons. The van der Waals surface area contributed by atoms with E-state index in [-0.39, 0.29) is 23.7 Å². The topological polar surface area (TPSA) is 35.5 Å². The minimum atomic E-state index is -1.93. The fourth-order valence-corrected chi connectivity index (χ4v) is 4.00. The second-order valence-electron chi connectivity index (χ2n) is 8.52. The van der Waals surface area contributed by atoms with Gasteiger partial charge in [-0.3, -0.25) is 0 Å². The highest BCUT2D eigenvalue weighted by Crippen LogP contribution is 2.37. The van der Waals surface area contributed by atoms with Crippen molar-refractivity contribution < 1.29 is 12.6 Å². The van der Waals surface area contributed by atoms with Gasteiger partial charge in [-0.25, -0.2) is 0 Å². The SMILES string of the molecule is CC(C)c1cccc(C(C)C)c1OS(=O)Oc1c(C(C)C)cccc1C(C)C. The quantitative estimate of drug-likeness (QED) is 0.468. The molecule has 0 saturated carbocycles. The second kappa shape index (κ2) is 9.60. The molecule has 0 fully saturated rings. The van der Waals surface area contributed by atoms with Crippen LogP contribution in [0.25, 0.3) is 0 Å². The molecule has 3 nitrogen and oxygen atoms in total. The van der Waals surface area contributed by atoms with Gasteiger partial charge < -0.3 is 8.37 Å². The molecular weight excluding hydrogens is 368 g/mol. The number of hydrogen-bond donors (Lipinski definition) is 0. The zero-order chi connectivity index (χ0) is 21.0. The van der Waals surface area contributed by atoms with E-state index in [2.05, 4.69) is 55.4 Å². The van der Waals surface area contributed by atoms with Crippen LogP contribution in [0.15, 0.2) is 36.4 Å². The summed E-state index contributed by atoms with van der Waals surface area (Å²) in [6.07, 6.45) is 0. The molecule has 0 heterocycles. The van der Waals surface area contributed by atoms with Crippen molar-refractivity contribution in [2.75, 3.05) is 0 Å². The van der Waals surface area contributed by atoms with Gasteiger partial charge in [0.05, 0.1) is 0 Å². The van der Waals surface area contributed by atoms with Crippen molar-refractivity contribution in [3.05, 3.63) is 58.7 Å². The summed E-state index contributed by atoms with van der Waals surface area (Å²) in [4.78, 5) is 0. The van der Waals surface area contributed by atoms with Gasteiger partial charge in [-0.1, -0.05) is 91.8 Å². The van der Waals surface area contributed by atoms with E-state index in [4.69, 9.17) is 8.37 Å². The van der Waals surface area contributed by atoms with E-state index in [1.165, 1.54) is 0 Å². The van der Waals surface area contributed by atoms with Crippen molar-refractivity contribution in [1.29, 1.82) is 0 Å². The third kappa shape index (κ3) is 5.16. The van der Waals surface area contributed by atoms with Gasteiger partial charge in [0.1, 0.15) is 0 Å². The van der Waals surface area contributed by atoms with Crippen LogP contribution in [0.2, 0.25) is 0 Å². The maximum Gasteiger partial charge on any atom is 0.417 e. The number of rotatable bonds is 8. The lowest BCUT2D eigenvalue weighted by Crippen LogP contribution is -2.14. The highest BCUT2D eigenvalue weighted by Gasteiger charge is 2.22. The molecule has 0 atom stereocenters. The Bertz CT molecular complexity index is 703. The van der Waals surface area contributed by atoms with Crippen molar-refractivity contribution in [2.24, 2.45) is 0 Å². The first-order valence-electron chi connectivity index (χ1n) is 10.2. The van der Waals surface area contributed by atoms with Gasteiger partial charge in [0, 0.05) is 0 Å². The average molecular weight is 403 g/mol. The van der Waals surface area contributed by atoms with Crippen molar-refractivity contribution in [3.8, 4) is 11.5 Å². The minimum absolute atomic E-state index is 0.264. The Labute approximate surface area is 173 Å². The standard InChI is InChI=1S/C24H34O3S/c1-15(2)19-11-9-12-20(16(3)4)23(19)26-28(25)27-24-21(17(5)6)13-10-14-22(24)18(7)8/h9-18H,1-8H3. The average Bonchev–Trinajstić information content (AvgIpc) is 2.61. The van der Waals surface area contributed by atoms with Crippen LogP contribution in [0.4, 0.5) is 0 Å². The number of para-hydroxylation sites is 2. The Morgan fingerprint density at radius 1 is 0.571 bits per heavy atom. The molecule has 0 aliphatic heterocycles. The molecule has 28 heavy (non-hydrogen) atoms. The third-order valence-corrected chi connectivity index (χ3v) is 5.55. The molecule has 0 bridgehead atoms. The van der Waals surface area contributed by atoms with Crippen LogP contribution < -0.4 is 8.37 Å². The Kier molecular flexibility index (Phi) is 7.70. The van der Waals surface area contributed by atoms with E-state index >= 15 is 0 Å². The summed E-state index contributed by atoms with van der Waals surface area (Å²) in [6, 6.07) is 12.2. The fourth-order valence-electron chi connectivity index (χ4n) is 3.31. The first-order valence-corrected chi connectivity index (χ1v) is 11.2. The summed E-state index contributed by atoms with van der Waals surface area (Å²) in [7, 11) is 0. The van der Waals surface area contributed by atoms with Gasteiger partial charge >= 0.3 is 11.4 Å². The van der Waals surface area contributed by atoms with Crippen LogP contribution in [0.5, 0.6) is 11.5 Å². The molecule has 0 saturated heterocycles. The van der Waals surface area contributed by atoms with Crippen molar-refractivity contribution in [2.45, 2.75) is 79.1 Å². The van der Waals surface area contributed by atoms with Crippen molar-refractivity contribution in [1.82, 2.24) is 0 Å². The van der Waals surface area contributed by atoms with E-state index in [0.717, 1.165) is 22.3 Å². The molecule has 0 aliphatic rings. The molecule has 0 unspecified atom stereocenters. The Morgan fingerprint density at radius 3 is 1.04 bits per heavy atom. The first-order chi connectivity index (χ1) is 13.1. The molecule has 0 amide bonds. The minimum Gasteiger partial charge on any atom is -0.371 e. The molecule has 0 spiro atoms. The second-order valence-corrected chi connectivity index (χ2v) is 9.26. The van der Waals surface area contributed by atoms with Crippen LogP contribution in [0.1, 0.15) is 101 Å². The monoisotopic (exact) mass is 402 g/mol.